The van der Waals surface area contributed by atoms with Gasteiger partial charge in [0.1, 0.15) is 11.1 Å². The minimum absolute atomic E-state index is 0.145. The number of hydrogen-bond donors (Lipinski definition) is 1. The highest BCUT2D eigenvalue weighted by atomic mass is 16.5. The van der Waals surface area contributed by atoms with Crippen molar-refractivity contribution in [3.05, 3.63) is 34.3 Å². The predicted octanol–water partition coefficient (Wildman–Crippen LogP) is 0.797. The molecule has 5 rings (SSSR count). The third-order valence-corrected chi connectivity index (χ3v) is 6.08. The van der Waals surface area contributed by atoms with E-state index in [-0.39, 0.29) is 5.56 Å². The number of ether oxygens (including phenoxy) is 1. The summed E-state index contributed by atoms with van der Waals surface area (Å²) in [7, 11) is 3.64. The summed E-state index contributed by atoms with van der Waals surface area (Å²) in [6.07, 6.45) is 6.75. The first-order chi connectivity index (χ1) is 14.0. The van der Waals surface area contributed by atoms with Crippen molar-refractivity contribution in [3.63, 3.8) is 0 Å². The fourth-order valence-corrected chi connectivity index (χ4v) is 4.25. The van der Waals surface area contributed by atoms with Crippen LogP contribution in [0.5, 0.6) is 0 Å². The lowest BCUT2D eigenvalue weighted by atomic mass is 9.78. The molecule has 2 fully saturated rings. The molecule has 1 N–H and O–H groups in total. The number of aromatic amines is 1. The Balaban J connectivity index is 1.46. The summed E-state index contributed by atoms with van der Waals surface area (Å²) in [5.74, 6) is 6.57. The van der Waals surface area contributed by atoms with Gasteiger partial charge in [0, 0.05) is 40.0 Å². The molecule has 0 bridgehead atoms. The van der Waals surface area contributed by atoms with Gasteiger partial charge in [-0.05, 0) is 36.5 Å². The van der Waals surface area contributed by atoms with Crippen molar-refractivity contribution in [2.75, 3.05) is 31.2 Å². The maximum absolute atomic E-state index is 13.1. The molecule has 29 heavy (non-hydrogen) atoms. The fourth-order valence-electron chi connectivity index (χ4n) is 4.25. The largest absolute Gasteiger partial charge is 0.381 e. The van der Waals surface area contributed by atoms with Gasteiger partial charge < -0.3 is 14.2 Å². The minimum Gasteiger partial charge on any atom is -0.381 e. The van der Waals surface area contributed by atoms with Crippen molar-refractivity contribution in [3.8, 4) is 11.8 Å². The van der Waals surface area contributed by atoms with Gasteiger partial charge in [-0.15, -0.1) is 0 Å². The van der Waals surface area contributed by atoms with E-state index in [1.165, 1.54) is 0 Å². The van der Waals surface area contributed by atoms with E-state index in [9.17, 15) is 4.79 Å². The van der Waals surface area contributed by atoms with Crippen molar-refractivity contribution in [1.82, 2.24) is 29.3 Å². The third kappa shape index (κ3) is 3.09. The molecule has 9 nitrogen and oxygen atoms in total. The lowest BCUT2D eigenvalue weighted by Crippen LogP contribution is -2.43. The number of fused-ring (bicyclic) bond motifs is 1. The summed E-state index contributed by atoms with van der Waals surface area (Å²) < 4.78 is 9.04. The summed E-state index contributed by atoms with van der Waals surface area (Å²) in [6, 6.07) is 0. The van der Waals surface area contributed by atoms with Crippen LogP contribution in [-0.4, -0.2) is 55.6 Å². The molecule has 3 aromatic rings. The van der Waals surface area contributed by atoms with Crippen LogP contribution in [0.3, 0.4) is 0 Å². The Morgan fingerprint density at radius 1 is 1.21 bits per heavy atom. The number of hydrogen-bond acceptors (Lipinski definition) is 6. The highest BCUT2D eigenvalue weighted by molar-refractivity contribution is 5.81. The average molecular weight is 393 g/mol. The fraction of sp³-hybridized carbons (Fsp3) is 0.500. The zero-order valence-electron chi connectivity index (χ0n) is 16.6. The monoisotopic (exact) mass is 393 g/mol. The molecule has 5 heterocycles. The molecule has 0 atom stereocenters. The van der Waals surface area contributed by atoms with Crippen LogP contribution in [0, 0.1) is 17.3 Å². The number of imidazole rings is 1. The predicted molar refractivity (Wildman–Crippen MR) is 108 cm³/mol. The SMILES string of the molecule is Cn1cnc(C#Cc2n[nH]c3nc(N4CCC5(CCOC5)CC4)n(C)c(=O)c23)c1. The average Bonchev–Trinajstić information content (AvgIpc) is 3.45. The molecule has 9 heteroatoms. The van der Waals surface area contributed by atoms with Gasteiger partial charge in [-0.3, -0.25) is 14.5 Å². The van der Waals surface area contributed by atoms with Gasteiger partial charge in [0.2, 0.25) is 5.95 Å². The number of H-pyrrole nitrogens is 1. The molecule has 0 unspecified atom stereocenters. The van der Waals surface area contributed by atoms with Crippen molar-refractivity contribution in [2.24, 2.45) is 19.5 Å². The van der Waals surface area contributed by atoms with Gasteiger partial charge in [0.05, 0.1) is 12.9 Å². The third-order valence-electron chi connectivity index (χ3n) is 6.08. The quantitative estimate of drug-likeness (QED) is 0.615. The lowest BCUT2D eigenvalue weighted by molar-refractivity contribution is 0.133. The van der Waals surface area contributed by atoms with Gasteiger partial charge in [0.25, 0.3) is 5.56 Å². The number of nitrogens with zero attached hydrogens (tertiary/aromatic N) is 6. The molecule has 0 aromatic carbocycles. The zero-order valence-corrected chi connectivity index (χ0v) is 16.6. The Bertz CT molecular complexity index is 1180. The number of aryl methyl sites for hydroxylation is 1. The Hall–Kier alpha value is -3.12. The van der Waals surface area contributed by atoms with E-state index in [1.54, 1.807) is 17.9 Å². The van der Waals surface area contributed by atoms with Crippen LogP contribution in [0.25, 0.3) is 11.0 Å². The first kappa shape index (κ1) is 17.9. The summed E-state index contributed by atoms with van der Waals surface area (Å²) in [4.78, 5) is 24.1. The molecule has 0 radical (unpaired) electrons. The number of aromatic nitrogens is 6. The van der Waals surface area contributed by atoms with E-state index in [1.807, 2.05) is 17.8 Å². The summed E-state index contributed by atoms with van der Waals surface area (Å²) >= 11 is 0. The Kier molecular flexibility index (Phi) is 4.17. The Labute approximate surface area is 167 Å². The van der Waals surface area contributed by atoms with Gasteiger partial charge in [-0.1, -0.05) is 0 Å². The molecular formula is C20H23N7O2. The maximum Gasteiger partial charge on any atom is 0.267 e. The van der Waals surface area contributed by atoms with Crippen LogP contribution in [-0.2, 0) is 18.8 Å². The first-order valence-electron chi connectivity index (χ1n) is 9.82. The zero-order chi connectivity index (χ0) is 20.0. The number of nitrogens with one attached hydrogen (secondary N) is 1. The smallest absolute Gasteiger partial charge is 0.267 e. The molecule has 2 aliphatic rings. The number of rotatable bonds is 1. The van der Waals surface area contributed by atoms with Crippen LogP contribution in [0.1, 0.15) is 30.7 Å². The maximum atomic E-state index is 13.1. The molecule has 2 aliphatic heterocycles. The Morgan fingerprint density at radius 3 is 2.72 bits per heavy atom. The standard InChI is InChI=1S/C20H23N7O2/c1-25-11-14(21-13-25)3-4-15-16-17(24-23-15)22-19(26(2)18(16)28)27-8-5-20(6-9-27)7-10-29-12-20/h11,13H,5-10,12H2,1-2H3,(H,23,24). The summed E-state index contributed by atoms with van der Waals surface area (Å²) in [6.45, 7) is 3.45. The van der Waals surface area contributed by atoms with E-state index < -0.39 is 0 Å². The first-order valence-corrected chi connectivity index (χ1v) is 9.82. The molecule has 0 amide bonds. The second-order valence-electron chi connectivity index (χ2n) is 8.04. The molecule has 0 aliphatic carbocycles. The summed E-state index contributed by atoms with van der Waals surface area (Å²) in [5.41, 5.74) is 1.66. The van der Waals surface area contributed by atoms with Crippen LogP contribution >= 0.6 is 0 Å². The van der Waals surface area contributed by atoms with Gasteiger partial charge in [-0.25, -0.2) is 4.98 Å². The van der Waals surface area contributed by atoms with Crippen molar-refractivity contribution in [2.45, 2.75) is 19.3 Å². The second-order valence-corrected chi connectivity index (χ2v) is 8.04. The van der Waals surface area contributed by atoms with Crippen LogP contribution in [0.15, 0.2) is 17.3 Å². The van der Waals surface area contributed by atoms with Gasteiger partial charge in [0.15, 0.2) is 11.3 Å². The molecular weight excluding hydrogens is 370 g/mol. The number of anilines is 1. The highest BCUT2D eigenvalue weighted by Crippen LogP contribution is 2.39. The molecule has 1 spiro atoms. The second kappa shape index (κ2) is 6.74. The van der Waals surface area contributed by atoms with Gasteiger partial charge in [-0.2, -0.15) is 10.1 Å². The summed E-state index contributed by atoms with van der Waals surface area (Å²) in [5, 5.41) is 7.51. The minimum atomic E-state index is -0.145. The van der Waals surface area contributed by atoms with E-state index >= 15 is 0 Å². The van der Waals surface area contributed by atoms with Crippen LogP contribution in [0.4, 0.5) is 5.95 Å². The molecule has 150 valence electrons. The van der Waals surface area contributed by atoms with Crippen molar-refractivity contribution < 1.29 is 4.74 Å². The molecule has 0 saturated carbocycles. The highest BCUT2D eigenvalue weighted by Gasteiger charge is 2.38. The van der Waals surface area contributed by atoms with Gasteiger partial charge >= 0.3 is 0 Å². The normalized spacial score (nSPS) is 18.3. The topological polar surface area (TPSA) is 93.9 Å². The van der Waals surface area contributed by atoms with E-state index in [0.29, 0.717) is 33.8 Å². The van der Waals surface area contributed by atoms with Crippen molar-refractivity contribution in [1.29, 1.82) is 0 Å². The molecule has 3 aromatic heterocycles. The lowest BCUT2D eigenvalue weighted by Gasteiger charge is -2.39. The number of piperidine rings is 1. The van der Waals surface area contributed by atoms with Crippen LogP contribution in [0.2, 0.25) is 0 Å². The van der Waals surface area contributed by atoms with Crippen LogP contribution < -0.4 is 10.5 Å². The van der Waals surface area contributed by atoms with E-state index in [4.69, 9.17) is 9.72 Å². The van der Waals surface area contributed by atoms with Crippen molar-refractivity contribution >= 4 is 17.0 Å². The molecule has 2 saturated heterocycles. The Morgan fingerprint density at radius 2 is 2.03 bits per heavy atom. The van der Waals surface area contributed by atoms with E-state index in [2.05, 4.69) is 31.9 Å². The van der Waals surface area contributed by atoms with E-state index in [0.717, 1.165) is 45.6 Å².